The molecule has 0 aliphatic heterocycles. The van der Waals surface area contributed by atoms with Crippen LogP contribution in [0.1, 0.15) is 42.6 Å². The summed E-state index contributed by atoms with van der Waals surface area (Å²) >= 11 is 0. The van der Waals surface area contributed by atoms with Crippen molar-refractivity contribution in [1.82, 2.24) is 15.1 Å². The van der Waals surface area contributed by atoms with Crippen LogP contribution in [0, 0.1) is 13.8 Å². The lowest BCUT2D eigenvalue weighted by atomic mass is 10.0. The second-order valence-electron chi connectivity index (χ2n) is 7.26. The molecular formula is C22H26F3N5O3. The molecule has 0 N–H and O–H groups in total. The van der Waals surface area contributed by atoms with E-state index in [1.165, 1.54) is 0 Å². The van der Waals surface area contributed by atoms with Crippen molar-refractivity contribution >= 4 is 18.3 Å². The number of alkyl halides is 3. The summed E-state index contributed by atoms with van der Waals surface area (Å²) in [4.78, 5) is 21.8. The summed E-state index contributed by atoms with van der Waals surface area (Å²) in [7, 11) is 0. The molecule has 0 aliphatic carbocycles. The van der Waals surface area contributed by atoms with Crippen molar-refractivity contribution in [1.29, 1.82) is 0 Å². The van der Waals surface area contributed by atoms with E-state index in [0.717, 1.165) is 18.7 Å². The fourth-order valence-electron chi connectivity index (χ4n) is 2.88. The van der Waals surface area contributed by atoms with Gasteiger partial charge in [-0.25, -0.2) is 4.99 Å². The third-order valence-corrected chi connectivity index (χ3v) is 4.70. The Morgan fingerprint density at radius 1 is 1.33 bits per heavy atom. The van der Waals surface area contributed by atoms with Gasteiger partial charge in [-0.3, -0.25) is 9.79 Å². The Labute approximate surface area is 189 Å². The molecule has 178 valence electrons. The fraction of sp³-hybridized carbons (Fsp3) is 0.409. The average Bonchev–Trinajstić information content (AvgIpc) is 3.19. The molecule has 8 nitrogen and oxygen atoms in total. The van der Waals surface area contributed by atoms with Crippen LogP contribution in [-0.2, 0) is 4.74 Å². The molecular weight excluding hydrogens is 439 g/mol. The van der Waals surface area contributed by atoms with E-state index in [-0.39, 0.29) is 24.3 Å². The lowest BCUT2D eigenvalue weighted by Crippen LogP contribution is -2.41. The zero-order valence-electron chi connectivity index (χ0n) is 19.1. The SMILES string of the molecule is C=N/C(=C\N=C(/C)C(F)(F)F)OC[C@H](C)N(CC)C(=O)c1ccc(C)cc1-c1nnc(C)o1. The molecule has 2 rings (SSSR count). The number of hydrogen-bond donors (Lipinski definition) is 0. The minimum Gasteiger partial charge on any atom is -0.474 e. The first-order valence-corrected chi connectivity index (χ1v) is 10.1. The Bertz CT molecular complexity index is 1060. The largest absolute Gasteiger partial charge is 0.474 e. The van der Waals surface area contributed by atoms with Gasteiger partial charge >= 0.3 is 6.18 Å². The second kappa shape index (κ2) is 10.9. The third kappa shape index (κ3) is 6.74. The van der Waals surface area contributed by atoms with Crippen molar-refractivity contribution < 1.29 is 27.1 Å². The molecule has 0 unspecified atom stereocenters. The molecule has 33 heavy (non-hydrogen) atoms. The molecule has 1 aromatic carbocycles. The van der Waals surface area contributed by atoms with Crippen molar-refractivity contribution in [3.05, 3.63) is 47.3 Å². The lowest BCUT2D eigenvalue weighted by molar-refractivity contribution is -0.0592. The minimum absolute atomic E-state index is 0.0358. The third-order valence-electron chi connectivity index (χ3n) is 4.70. The summed E-state index contributed by atoms with van der Waals surface area (Å²) in [5.74, 6) is 0.131. The van der Waals surface area contributed by atoms with Crippen molar-refractivity contribution in [3.63, 3.8) is 0 Å². The van der Waals surface area contributed by atoms with Crippen molar-refractivity contribution in [2.75, 3.05) is 13.2 Å². The molecule has 0 radical (unpaired) electrons. The van der Waals surface area contributed by atoms with Crippen LogP contribution in [0.15, 0.2) is 44.7 Å². The first-order chi connectivity index (χ1) is 15.5. The Hall–Kier alpha value is -3.50. The lowest BCUT2D eigenvalue weighted by Gasteiger charge is -2.28. The number of carbonyl (C=O) groups is 1. The number of carbonyl (C=O) groups excluding carboxylic acids is 1. The number of likely N-dealkylation sites (N-methyl/N-ethyl adjacent to an activating group) is 1. The summed E-state index contributed by atoms with van der Waals surface area (Å²) in [6, 6.07) is 4.84. The van der Waals surface area contributed by atoms with Gasteiger partial charge in [-0.05, 0) is 46.5 Å². The zero-order chi connectivity index (χ0) is 24.8. The average molecular weight is 465 g/mol. The van der Waals surface area contributed by atoms with Gasteiger partial charge in [-0.1, -0.05) is 11.6 Å². The van der Waals surface area contributed by atoms with Crippen LogP contribution in [0.5, 0.6) is 0 Å². The van der Waals surface area contributed by atoms with Crippen molar-refractivity contribution in [2.24, 2.45) is 9.98 Å². The van der Waals surface area contributed by atoms with Gasteiger partial charge in [0.15, 0.2) is 0 Å². The number of amides is 1. The van der Waals surface area contributed by atoms with E-state index in [1.807, 2.05) is 6.92 Å². The highest BCUT2D eigenvalue weighted by Gasteiger charge is 2.31. The van der Waals surface area contributed by atoms with Gasteiger partial charge in [-0.15, -0.1) is 10.2 Å². The highest BCUT2D eigenvalue weighted by atomic mass is 19.4. The maximum absolute atomic E-state index is 13.4. The Balaban J connectivity index is 2.22. The van der Waals surface area contributed by atoms with Gasteiger partial charge in [0.2, 0.25) is 17.7 Å². The van der Waals surface area contributed by atoms with Crippen molar-refractivity contribution in [3.8, 4) is 11.5 Å². The molecule has 0 saturated heterocycles. The molecule has 1 atom stereocenters. The predicted molar refractivity (Wildman–Crippen MR) is 118 cm³/mol. The van der Waals surface area contributed by atoms with Crippen LogP contribution >= 0.6 is 0 Å². The van der Waals surface area contributed by atoms with Gasteiger partial charge in [-0.2, -0.15) is 13.2 Å². The van der Waals surface area contributed by atoms with Crippen molar-refractivity contribution in [2.45, 2.75) is 46.8 Å². The second-order valence-corrected chi connectivity index (χ2v) is 7.26. The first-order valence-electron chi connectivity index (χ1n) is 10.1. The van der Waals surface area contributed by atoms with Crippen LogP contribution in [-0.4, -0.2) is 58.8 Å². The molecule has 0 bridgehead atoms. The first kappa shape index (κ1) is 25.8. The number of ether oxygens (including phenoxy) is 1. The molecule has 0 saturated carbocycles. The Kier molecular flexibility index (Phi) is 8.50. The summed E-state index contributed by atoms with van der Waals surface area (Å²) in [5, 5.41) is 7.85. The van der Waals surface area contributed by atoms with Gasteiger partial charge in [0, 0.05) is 13.5 Å². The summed E-state index contributed by atoms with van der Waals surface area (Å²) < 4.78 is 48.7. The number of benzene rings is 1. The monoisotopic (exact) mass is 465 g/mol. The Morgan fingerprint density at radius 2 is 2.03 bits per heavy atom. The number of nitrogens with zero attached hydrogens (tertiary/aromatic N) is 5. The van der Waals surface area contributed by atoms with Gasteiger partial charge in [0.05, 0.1) is 23.4 Å². The number of aliphatic imine (C=N–C) groups is 2. The van der Waals surface area contributed by atoms with E-state index in [2.05, 4.69) is 26.9 Å². The number of halogens is 3. The molecule has 1 amide bonds. The van der Waals surface area contributed by atoms with E-state index in [4.69, 9.17) is 9.15 Å². The van der Waals surface area contributed by atoms with Crippen LogP contribution < -0.4 is 0 Å². The molecule has 1 heterocycles. The Morgan fingerprint density at radius 3 is 2.58 bits per heavy atom. The molecule has 1 aromatic heterocycles. The van der Waals surface area contributed by atoms with Crippen LogP contribution in [0.4, 0.5) is 13.2 Å². The fourth-order valence-corrected chi connectivity index (χ4v) is 2.88. The summed E-state index contributed by atoms with van der Waals surface area (Å²) in [6.07, 6.45) is -3.71. The maximum Gasteiger partial charge on any atom is 0.429 e. The highest BCUT2D eigenvalue weighted by molar-refractivity contribution is 6.00. The minimum atomic E-state index is -4.55. The van der Waals surface area contributed by atoms with E-state index >= 15 is 0 Å². The van der Waals surface area contributed by atoms with Gasteiger partial charge < -0.3 is 14.1 Å². The van der Waals surface area contributed by atoms with Gasteiger partial charge in [0.1, 0.15) is 12.3 Å². The summed E-state index contributed by atoms with van der Waals surface area (Å²) in [5.41, 5.74) is 0.755. The quantitative estimate of drug-likeness (QED) is 0.394. The zero-order valence-corrected chi connectivity index (χ0v) is 19.1. The van der Waals surface area contributed by atoms with E-state index < -0.39 is 17.9 Å². The normalized spacial score (nSPS) is 13.6. The molecule has 11 heteroatoms. The van der Waals surface area contributed by atoms with Crippen LogP contribution in [0.25, 0.3) is 11.5 Å². The maximum atomic E-state index is 13.4. The number of hydrogen-bond acceptors (Lipinski definition) is 7. The predicted octanol–water partition coefficient (Wildman–Crippen LogP) is 4.74. The van der Waals surface area contributed by atoms with Crippen LogP contribution in [0.3, 0.4) is 0 Å². The van der Waals surface area contributed by atoms with Gasteiger partial charge in [0.25, 0.3) is 5.91 Å². The number of aryl methyl sites for hydroxylation is 2. The van der Waals surface area contributed by atoms with E-state index in [1.54, 1.807) is 43.9 Å². The summed E-state index contributed by atoms with van der Waals surface area (Å²) in [6.45, 7) is 11.5. The van der Waals surface area contributed by atoms with Crippen LogP contribution in [0.2, 0.25) is 0 Å². The molecule has 0 fully saturated rings. The van der Waals surface area contributed by atoms with E-state index in [0.29, 0.717) is 23.6 Å². The number of aromatic nitrogens is 2. The number of rotatable bonds is 9. The molecule has 0 spiro atoms. The standard InChI is InChI=1S/C22H26F3N5O3/c1-7-30(14(3)12-32-19(26-6)11-27-15(4)22(23,24)25)21(31)17-9-8-13(2)10-18(17)20-29-28-16(5)33-20/h8-11,14H,6-7,12H2,1-5H3/b19-11+,27-15+/t14-/m0/s1. The molecule has 2 aromatic rings. The van der Waals surface area contributed by atoms with E-state index in [9.17, 15) is 18.0 Å². The molecule has 0 aliphatic rings. The smallest absolute Gasteiger partial charge is 0.429 e. The highest BCUT2D eigenvalue weighted by Crippen LogP contribution is 2.26. The topological polar surface area (TPSA) is 93.2 Å².